The third-order valence-corrected chi connectivity index (χ3v) is 8.21. The molecule has 5 nitrogen and oxygen atoms in total. The van der Waals surface area contributed by atoms with Crippen molar-refractivity contribution in [1.29, 1.82) is 0 Å². The Morgan fingerprint density at radius 2 is 1.53 bits per heavy atom. The summed E-state index contributed by atoms with van der Waals surface area (Å²) in [4.78, 5) is 19.0. The van der Waals surface area contributed by atoms with E-state index in [0.29, 0.717) is 6.61 Å². The van der Waals surface area contributed by atoms with Gasteiger partial charge in [0.25, 0.3) is 0 Å². The number of fused-ring (bicyclic) bond motifs is 1. The largest absolute Gasteiger partial charge is 0.493 e. The number of imidazole rings is 1. The third kappa shape index (κ3) is 3.79. The fourth-order valence-corrected chi connectivity index (χ4v) is 6.81. The zero-order valence-electron chi connectivity index (χ0n) is 20.3. The Labute approximate surface area is 202 Å². The number of amides is 1. The molecular formula is C29H37N3O2. The first-order valence-electron chi connectivity index (χ1n) is 13.2. The summed E-state index contributed by atoms with van der Waals surface area (Å²) in [6.07, 6.45) is 11.3. The maximum Gasteiger partial charge on any atom is 0.244 e. The molecule has 1 heterocycles. The van der Waals surface area contributed by atoms with Gasteiger partial charge in [0, 0.05) is 0 Å². The number of carbonyl (C=O) groups is 1. The molecule has 180 valence electrons. The summed E-state index contributed by atoms with van der Waals surface area (Å²) in [7, 11) is 0. The van der Waals surface area contributed by atoms with Gasteiger partial charge < -0.3 is 15.0 Å². The summed E-state index contributed by atoms with van der Waals surface area (Å²) in [6, 6.07) is 16.3. The number of aromatic nitrogens is 2. The van der Waals surface area contributed by atoms with E-state index in [1.807, 2.05) is 43.3 Å². The van der Waals surface area contributed by atoms with Gasteiger partial charge in [0.05, 0.1) is 23.2 Å². The van der Waals surface area contributed by atoms with Crippen LogP contribution in [0.15, 0.2) is 48.5 Å². The minimum absolute atomic E-state index is 0.190. The van der Waals surface area contributed by atoms with Crippen LogP contribution in [0.2, 0.25) is 0 Å². The maximum atomic E-state index is 13.9. The van der Waals surface area contributed by atoms with Gasteiger partial charge in [-0.15, -0.1) is 0 Å². The SMILES string of the molecule is CCOc1ccccc1-c1nc2ccccc2n1C(C(N)=O)(C1CCCCC1)C1CCCCC1. The highest BCUT2D eigenvalue weighted by atomic mass is 16.5. The van der Waals surface area contributed by atoms with E-state index in [4.69, 9.17) is 15.5 Å². The van der Waals surface area contributed by atoms with Crippen molar-refractivity contribution in [2.45, 2.75) is 76.7 Å². The van der Waals surface area contributed by atoms with Gasteiger partial charge >= 0.3 is 0 Å². The molecule has 2 aliphatic rings. The average Bonchev–Trinajstić information content (AvgIpc) is 3.26. The summed E-state index contributed by atoms with van der Waals surface area (Å²) in [5, 5.41) is 0. The predicted molar refractivity (Wildman–Crippen MR) is 137 cm³/mol. The van der Waals surface area contributed by atoms with E-state index in [-0.39, 0.29) is 17.7 Å². The summed E-state index contributed by atoms with van der Waals surface area (Å²) >= 11 is 0. The van der Waals surface area contributed by atoms with Crippen LogP contribution < -0.4 is 10.5 Å². The van der Waals surface area contributed by atoms with Crippen molar-refractivity contribution in [2.75, 3.05) is 6.61 Å². The van der Waals surface area contributed by atoms with Crippen molar-refractivity contribution in [2.24, 2.45) is 17.6 Å². The van der Waals surface area contributed by atoms with Crippen molar-refractivity contribution in [3.8, 4) is 17.1 Å². The molecule has 0 radical (unpaired) electrons. The fraction of sp³-hybridized carbons (Fsp3) is 0.517. The van der Waals surface area contributed by atoms with Crippen molar-refractivity contribution in [3.05, 3.63) is 48.5 Å². The molecule has 2 aromatic carbocycles. The number of rotatable bonds is 7. The van der Waals surface area contributed by atoms with Crippen LogP contribution in [0.3, 0.4) is 0 Å². The predicted octanol–water partition coefficient (Wildman–Crippen LogP) is 6.44. The van der Waals surface area contributed by atoms with Crippen LogP contribution in [0.4, 0.5) is 0 Å². The third-order valence-electron chi connectivity index (χ3n) is 8.21. The Morgan fingerprint density at radius 3 is 2.15 bits per heavy atom. The van der Waals surface area contributed by atoms with E-state index < -0.39 is 5.54 Å². The lowest BCUT2D eigenvalue weighted by Gasteiger charge is -2.48. The zero-order chi connectivity index (χ0) is 23.5. The molecule has 2 N–H and O–H groups in total. The molecular weight excluding hydrogens is 422 g/mol. The molecule has 0 spiro atoms. The smallest absolute Gasteiger partial charge is 0.244 e. The molecule has 1 aromatic heterocycles. The van der Waals surface area contributed by atoms with Crippen LogP contribution in [-0.2, 0) is 10.3 Å². The Morgan fingerprint density at radius 1 is 0.941 bits per heavy atom. The number of nitrogens with two attached hydrogens (primary N) is 1. The summed E-state index contributed by atoms with van der Waals surface area (Å²) in [5.74, 6) is 1.85. The molecule has 2 aliphatic carbocycles. The minimum Gasteiger partial charge on any atom is -0.493 e. The highest BCUT2D eigenvalue weighted by Gasteiger charge is 2.53. The quantitative estimate of drug-likeness (QED) is 0.442. The molecule has 0 aliphatic heterocycles. The Kier molecular flexibility index (Phi) is 6.62. The second kappa shape index (κ2) is 9.81. The van der Waals surface area contributed by atoms with Crippen LogP contribution in [-0.4, -0.2) is 22.1 Å². The van der Waals surface area contributed by atoms with E-state index in [0.717, 1.165) is 79.5 Å². The summed E-state index contributed by atoms with van der Waals surface area (Å²) in [5.41, 5.74) is 8.59. The number of primary amides is 1. The number of nitrogens with zero attached hydrogens (tertiary/aromatic N) is 2. The molecule has 0 bridgehead atoms. The standard InChI is InChI=1S/C29H37N3O2/c1-2-34-26-20-12-9-17-23(26)27-31-24-18-10-11-19-25(24)32(27)29(28(30)33,21-13-5-3-6-14-21)22-15-7-4-8-16-22/h9-12,17-22H,2-8,13-16H2,1H3,(H2,30,33). The topological polar surface area (TPSA) is 70.1 Å². The van der Waals surface area contributed by atoms with Crippen LogP contribution in [0.25, 0.3) is 22.4 Å². The molecule has 2 saturated carbocycles. The molecule has 5 rings (SSSR count). The first kappa shape index (κ1) is 22.9. The van der Waals surface area contributed by atoms with Gasteiger partial charge in [0.15, 0.2) is 0 Å². The zero-order valence-corrected chi connectivity index (χ0v) is 20.3. The second-order valence-corrected chi connectivity index (χ2v) is 10.0. The van der Waals surface area contributed by atoms with Gasteiger partial charge in [0.1, 0.15) is 17.1 Å². The van der Waals surface area contributed by atoms with Crippen LogP contribution in [0.1, 0.15) is 71.1 Å². The Hall–Kier alpha value is -2.82. The molecule has 0 atom stereocenters. The molecule has 1 amide bonds. The van der Waals surface area contributed by atoms with Crippen molar-refractivity contribution in [3.63, 3.8) is 0 Å². The van der Waals surface area contributed by atoms with Gasteiger partial charge in [-0.1, -0.05) is 62.8 Å². The average molecular weight is 460 g/mol. The Balaban J connectivity index is 1.83. The first-order valence-corrected chi connectivity index (χ1v) is 13.2. The van der Waals surface area contributed by atoms with E-state index in [2.05, 4.69) is 16.7 Å². The van der Waals surface area contributed by atoms with Crippen molar-refractivity contribution in [1.82, 2.24) is 9.55 Å². The summed E-state index contributed by atoms with van der Waals surface area (Å²) < 4.78 is 8.31. The fourth-order valence-electron chi connectivity index (χ4n) is 6.81. The van der Waals surface area contributed by atoms with Gasteiger partial charge in [-0.25, -0.2) is 4.98 Å². The molecule has 0 saturated heterocycles. The lowest BCUT2D eigenvalue weighted by molar-refractivity contribution is -0.135. The number of benzene rings is 2. The number of carbonyl (C=O) groups excluding carboxylic acids is 1. The molecule has 34 heavy (non-hydrogen) atoms. The van der Waals surface area contributed by atoms with Gasteiger partial charge in [-0.2, -0.15) is 0 Å². The van der Waals surface area contributed by atoms with Gasteiger partial charge in [-0.3, -0.25) is 4.79 Å². The first-order chi connectivity index (χ1) is 16.7. The van der Waals surface area contributed by atoms with E-state index in [1.54, 1.807) is 0 Å². The minimum atomic E-state index is -0.786. The lowest BCUT2D eigenvalue weighted by Crippen LogP contribution is -2.58. The van der Waals surface area contributed by atoms with Gasteiger partial charge in [0.2, 0.25) is 5.91 Å². The molecule has 2 fully saturated rings. The number of ether oxygens (including phenoxy) is 1. The van der Waals surface area contributed by atoms with E-state index in [9.17, 15) is 4.79 Å². The molecule has 0 unspecified atom stereocenters. The Bertz CT molecular complexity index is 1120. The second-order valence-electron chi connectivity index (χ2n) is 10.0. The molecule has 3 aromatic rings. The highest BCUT2D eigenvalue weighted by Crippen LogP contribution is 2.51. The van der Waals surface area contributed by atoms with Crippen LogP contribution in [0.5, 0.6) is 5.75 Å². The monoisotopic (exact) mass is 459 g/mol. The highest BCUT2D eigenvalue weighted by molar-refractivity contribution is 5.90. The van der Waals surface area contributed by atoms with Crippen molar-refractivity contribution < 1.29 is 9.53 Å². The molecule has 5 heteroatoms. The number of hydrogen-bond donors (Lipinski definition) is 1. The summed E-state index contributed by atoms with van der Waals surface area (Å²) in [6.45, 7) is 2.57. The lowest BCUT2D eigenvalue weighted by atomic mass is 9.63. The van der Waals surface area contributed by atoms with Crippen molar-refractivity contribution >= 4 is 16.9 Å². The van der Waals surface area contributed by atoms with Crippen LogP contribution in [0, 0.1) is 11.8 Å². The normalized spacial score (nSPS) is 18.3. The van der Waals surface area contributed by atoms with Gasteiger partial charge in [-0.05, 0) is 68.7 Å². The number of hydrogen-bond acceptors (Lipinski definition) is 3. The van der Waals surface area contributed by atoms with E-state index >= 15 is 0 Å². The maximum absolute atomic E-state index is 13.9. The number of para-hydroxylation sites is 3. The van der Waals surface area contributed by atoms with E-state index in [1.165, 1.54) is 12.8 Å². The van der Waals surface area contributed by atoms with Crippen LogP contribution >= 0.6 is 0 Å².